The van der Waals surface area contributed by atoms with Crippen molar-refractivity contribution in [2.45, 2.75) is 13.3 Å². The SMILES string of the molecule is CCOCCCNc1nccn1-c1ccc(Br)c(OC)c1. The fourth-order valence-electron chi connectivity index (χ4n) is 1.96. The highest BCUT2D eigenvalue weighted by Crippen LogP contribution is 2.28. The third-order valence-electron chi connectivity index (χ3n) is 3.01. The lowest BCUT2D eigenvalue weighted by Crippen LogP contribution is -2.10. The Bertz CT molecular complexity index is 572. The summed E-state index contributed by atoms with van der Waals surface area (Å²) in [6.07, 6.45) is 4.65. The molecule has 2 aromatic rings. The van der Waals surface area contributed by atoms with Gasteiger partial charge in [0.2, 0.25) is 5.95 Å². The van der Waals surface area contributed by atoms with E-state index >= 15 is 0 Å². The first-order chi connectivity index (χ1) is 10.3. The summed E-state index contributed by atoms with van der Waals surface area (Å²) in [4.78, 5) is 4.35. The lowest BCUT2D eigenvalue weighted by atomic mass is 10.3. The first kappa shape index (κ1) is 15.9. The zero-order valence-corrected chi connectivity index (χ0v) is 13.9. The van der Waals surface area contributed by atoms with Gasteiger partial charge < -0.3 is 14.8 Å². The number of nitrogens with one attached hydrogen (secondary N) is 1. The van der Waals surface area contributed by atoms with Crippen LogP contribution < -0.4 is 10.1 Å². The van der Waals surface area contributed by atoms with Crippen molar-refractivity contribution in [3.63, 3.8) is 0 Å². The van der Waals surface area contributed by atoms with E-state index in [9.17, 15) is 0 Å². The summed E-state index contributed by atoms with van der Waals surface area (Å²) < 4.78 is 13.6. The summed E-state index contributed by atoms with van der Waals surface area (Å²) in [6, 6.07) is 5.95. The zero-order valence-electron chi connectivity index (χ0n) is 12.3. The van der Waals surface area contributed by atoms with Gasteiger partial charge >= 0.3 is 0 Å². The van der Waals surface area contributed by atoms with Crippen molar-refractivity contribution in [1.82, 2.24) is 9.55 Å². The van der Waals surface area contributed by atoms with Crippen molar-refractivity contribution >= 4 is 21.9 Å². The molecule has 0 radical (unpaired) electrons. The second-order valence-corrected chi connectivity index (χ2v) is 5.27. The van der Waals surface area contributed by atoms with Gasteiger partial charge in [-0.2, -0.15) is 0 Å². The number of ether oxygens (including phenoxy) is 2. The molecular weight excluding hydrogens is 334 g/mol. The molecule has 2 rings (SSSR count). The number of halogens is 1. The molecule has 0 saturated carbocycles. The van der Waals surface area contributed by atoms with Crippen LogP contribution in [0, 0.1) is 0 Å². The van der Waals surface area contributed by atoms with Crippen molar-refractivity contribution in [1.29, 1.82) is 0 Å². The number of rotatable bonds is 8. The summed E-state index contributed by atoms with van der Waals surface area (Å²) >= 11 is 3.46. The van der Waals surface area contributed by atoms with Gasteiger partial charge in [-0.05, 0) is 41.4 Å². The van der Waals surface area contributed by atoms with E-state index in [0.717, 1.165) is 48.0 Å². The van der Waals surface area contributed by atoms with E-state index in [4.69, 9.17) is 9.47 Å². The van der Waals surface area contributed by atoms with Gasteiger partial charge in [0, 0.05) is 38.2 Å². The molecule has 1 heterocycles. The quantitative estimate of drug-likeness (QED) is 0.738. The molecule has 6 heteroatoms. The van der Waals surface area contributed by atoms with Gasteiger partial charge in [0.05, 0.1) is 17.3 Å². The van der Waals surface area contributed by atoms with E-state index in [0.29, 0.717) is 0 Å². The van der Waals surface area contributed by atoms with Gasteiger partial charge in [-0.3, -0.25) is 4.57 Å². The normalized spacial score (nSPS) is 10.6. The van der Waals surface area contributed by atoms with Gasteiger partial charge in [0.1, 0.15) is 5.75 Å². The number of benzene rings is 1. The minimum Gasteiger partial charge on any atom is -0.495 e. The minimum absolute atomic E-state index is 0.757. The molecule has 5 nitrogen and oxygen atoms in total. The highest BCUT2D eigenvalue weighted by molar-refractivity contribution is 9.10. The van der Waals surface area contributed by atoms with Crippen molar-refractivity contribution in [3.05, 3.63) is 35.1 Å². The average molecular weight is 354 g/mol. The molecule has 0 saturated heterocycles. The van der Waals surface area contributed by atoms with Gasteiger partial charge in [0.25, 0.3) is 0 Å². The number of anilines is 1. The zero-order chi connectivity index (χ0) is 15.1. The van der Waals surface area contributed by atoms with Crippen LogP contribution in [0.3, 0.4) is 0 Å². The maximum Gasteiger partial charge on any atom is 0.207 e. The molecule has 0 aliphatic heterocycles. The van der Waals surface area contributed by atoms with Crippen LogP contribution in [0.5, 0.6) is 5.75 Å². The van der Waals surface area contributed by atoms with Crippen LogP contribution in [0.25, 0.3) is 5.69 Å². The Labute approximate surface area is 133 Å². The topological polar surface area (TPSA) is 48.3 Å². The van der Waals surface area contributed by atoms with Crippen molar-refractivity contribution in [2.75, 3.05) is 32.2 Å². The Balaban J connectivity index is 2.05. The summed E-state index contributed by atoms with van der Waals surface area (Å²) in [5.74, 6) is 1.61. The third kappa shape index (κ3) is 4.22. The summed E-state index contributed by atoms with van der Waals surface area (Å²) in [7, 11) is 1.66. The number of methoxy groups -OCH3 is 1. The van der Waals surface area contributed by atoms with Crippen LogP contribution in [-0.2, 0) is 4.74 Å². The van der Waals surface area contributed by atoms with Crippen LogP contribution >= 0.6 is 15.9 Å². The van der Waals surface area contributed by atoms with Crippen molar-refractivity contribution in [3.8, 4) is 11.4 Å². The van der Waals surface area contributed by atoms with E-state index in [2.05, 4.69) is 26.2 Å². The molecule has 0 fully saturated rings. The smallest absolute Gasteiger partial charge is 0.207 e. The van der Waals surface area contributed by atoms with Crippen LogP contribution in [0.15, 0.2) is 35.1 Å². The Kier molecular flexibility index (Phi) is 6.07. The molecule has 21 heavy (non-hydrogen) atoms. The van der Waals surface area contributed by atoms with E-state index < -0.39 is 0 Å². The monoisotopic (exact) mass is 353 g/mol. The van der Waals surface area contributed by atoms with Crippen molar-refractivity contribution < 1.29 is 9.47 Å². The van der Waals surface area contributed by atoms with Gasteiger partial charge in [0.15, 0.2) is 0 Å². The molecule has 0 spiro atoms. The van der Waals surface area contributed by atoms with Crippen LogP contribution in [0.1, 0.15) is 13.3 Å². The Morgan fingerprint density at radius 1 is 1.38 bits per heavy atom. The molecule has 0 amide bonds. The Hall–Kier alpha value is -1.53. The Morgan fingerprint density at radius 2 is 2.24 bits per heavy atom. The maximum absolute atomic E-state index is 5.33. The molecule has 1 N–H and O–H groups in total. The number of aromatic nitrogens is 2. The lowest BCUT2D eigenvalue weighted by Gasteiger charge is -2.11. The predicted octanol–water partition coefficient (Wildman–Crippen LogP) is 3.48. The van der Waals surface area contributed by atoms with Crippen molar-refractivity contribution in [2.24, 2.45) is 0 Å². The molecule has 1 aromatic carbocycles. The molecule has 114 valence electrons. The first-order valence-corrected chi connectivity index (χ1v) is 7.74. The number of hydrogen-bond donors (Lipinski definition) is 1. The van der Waals surface area contributed by atoms with Crippen LogP contribution in [-0.4, -0.2) is 36.4 Å². The van der Waals surface area contributed by atoms with Gasteiger partial charge in [-0.15, -0.1) is 0 Å². The van der Waals surface area contributed by atoms with E-state index in [1.165, 1.54) is 0 Å². The molecule has 0 aliphatic rings. The highest BCUT2D eigenvalue weighted by atomic mass is 79.9. The fourth-order valence-corrected chi connectivity index (χ4v) is 2.37. The minimum atomic E-state index is 0.757. The maximum atomic E-state index is 5.33. The summed E-state index contributed by atoms with van der Waals surface area (Å²) in [5, 5.41) is 3.32. The molecule has 0 aliphatic carbocycles. The van der Waals surface area contributed by atoms with Crippen LogP contribution in [0.4, 0.5) is 5.95 Å². The predicted molar refractivity (Wildman–Crippen MR) is 87.4 cm³/mol. The van der Waals surface area contributed by atoms with Gasteiger partial charge in [-0.25, -0.2) is 4.98 Å². The van der Waals surface area contributed by atoms with E-state index in [1.54, 1.807) is 13.3 Å². The van der Waals surface area contributed by atoms with E-state index in [1.807, 2.05) is 35.9 Å². The number of nitrogens with zero attached hydrogens (tertiary/aromatic N) is 2. The largest absolute Gasteiger partial charge is 0.495 e. The standard InChI is InChI=1S/C15H20BrN3O2/c1-3-21-10-4-7-17-15-18-8-9-19(15)12-5-6-13(16)14(11-12)20-2/h5-6,8-9,11H,3-4,7,10H2,1-2H3,(H,17,18). The summed E-state index contributed by atoms with van der Waals surface area (Å²) in [6.45, 7) is 4.34. The number of imidazole rings is 1. The lowest BCUT2D eigenvalue weighted by molar-refractivity contribution is 0.147. The molecular formula is C15H20BrN3O2. The molecule has 0 unspecified atom stereocenters. The van der Waals surface area contributed by atoms with Crippen LogP contribution in [0.2, 0.25) is 0 Å². The summed E-state index contributed by atoms with van der Waals surface area (Å²) in [5.41, 5.74) is 1.000. The third-order valence-corrected chi connectivity index (χ3v) is 3.66. The highest BCUT2D eigenvalue weighted by Gasteiger charge is 2.07. The molecule has 1 aromatic heterocycles. The molecule has 0 bridgehead atoms. The second kappa shape index (κ2) is 8.05. The van der Waals surface area contributed by atoms with E-state index in [-0.39, 0.29) is 0 Å². The molecule has 0 atom stereocenters. The fraction of sp³-hybridized carbons (Fsp3) is 0.400. The second-order valence-electron chi connectivity index (χ2n) is 4.42. The number of hydrogen-bond acceptors (Lipinski definition) is 4. The average Bonchev–Trinajstić information content (AvgIpc) is 2.96. The Morgan fingerprint density at radius 3 is 3.00 bits per heavy atom. The van der Waals surface area contributed by atoms with Gasteiger partial charge in [-0.1, -0.05) is 0 Å². The first-order valence-electron chi connectivity index (χ1n) is 6.95.